The van der Waals surface area contributed by atoms with Gasteiger partial charge in [-0.1, -0.05) is 146 Å². The molecule has 2 heterocycles. The van der Waals surface area contributed by atoms with Crippen molar-refractivity contribution in [3.05, 3.63) is 170 Å². The van der Waals surface area contributed by atoms with Gasteiger partial charge in [-0.05, 0) is 46.0 Å². The molecule has 0 bridgehead atoms. The molecule has 0 saturated carbocycles. The van der Waals surface area contributed by atoms with E-state index in [1.807, 2.05) is 0 Å². The third-order valence-electron chi connectivity index (χ3n) is 9.67. The van der Waals surface area contributed by atoms with Crippen LogP contribution in [-0.2, 0) is 0 Å². The van der Waals surface area contributed by atoms with Gasteiger partial charge < -0.3 is 9.13 Å². The molecule has 0 amide bonds. The summed E-state index contributed by atoms with van der Waals surface area (Å²) in [5.74, 6) is 0. The minimum Gasteiger partial charge on any atom is -0.307 e. The van der Waals surface area contributed by atoms with Crippen LogP contribution in [0.25, 0.3) is 87.7 Å². The summed E-state index contributed by atoms with van der Waals surface area (Å²) in [5, 5.41) is 10.0. The number of benzene rings is 8. The molecule has 0 radical (unpaired) electrons. The smallest absolute Gasteiger partial charge is 0.0789 e. The van der Waals surface area contributed by atoms with Crippen LogP contribution in [0.3, 0.4) is 0 Å². The minimum absolute atomic E-state index is 1.16. The minimum atomic E-state index is 1.16. The van der Waals surface area contributed by atoms with E-state index in [1.165, 1.54) is 82.0 Å². The van der Waals surface area contributed by atoms with E-state index < -0.39 is 0 Å². The van der Waals surface area contributed by atoms with Crippen molar-refractivity contribution in [2.75, 3.05) is 0 Å². The first kappa shape index (κ1) is 25.2. The third kappa shape index (κ3) is 3.41. The molecule has 2 nitrogen and oxygen atoms in total. The van der Waals surface area contributed by atoms with Crippen molar-refractivity contribution >= 4 is 65.2 Å². The molecule has 10 rings (SSSR count). The largest absolute Gasteiger partial charge is 0.307 e. The van der Waals surface area contributed by atoms with Gasteiger partial charge in [-0.25, -0.2) is 0 Å². The normalized spacial score (nSPS) is 11.9. The van der Waals surface area contributed by atoms with Gasteiger partial charge in [0.2, 0.25) is 0 Å². The summed E-state index contributed by atoms with van der Waals surface area (Å²) >= 11 is 0. The Balaban J connectivity index is 1.53. The highest BCUT2D eigenvalue weighted by Gasteiger charge is 2.25. The van der Waals surface area contributed by atoms with E-state index >= 15 is 0 Å². The lowest BCUT2D eigenvalue weighted by Gasteiger charge is -2.21. The zero-order valence-electron chi connectivity index (χ0n) is 25.1. The zero-order chi connectivity index (χ0) is 30.2. The quantitative estimate of drug-likeness (QED) is 0.183. The molecule has 2 aromatic heterocycles. The summed E-state index contributed by atoms with van der Waals surface area (Å²) in [4.78, 5) is 0. The average Bonchev–Trinajstić information content (AvgIpc) is 3.65. The molecule has 0 atom stereocenters. The molecule has 8 aromatic carbocycles. The van der Waals surface area contributed by atoms with Crippen molar-refractivity contribution < 1.29 is 0 Å². The first-order valence-corrected chi connectivity index (χ1v) is 15.9. The fraction of sp³-hybridized carbons (Fsp3) is 0. The molecule has 10 aromatic rings. The molecule has 2 heteroatoms. The predicted molar refractivity (Wildman–Crippen MR) is 196 cm³/mol. The number of hydrogen-bond donors (Lipinski definition) is 0. The second-order valence-corrected chi connectivity index (χ2v) is 12.1. The lowest BCUT2D eigenvalue weighted by atomic mass is 9.91. The van der Waals surface area contributed by atoms with Crippen molar-refractivity contribution in [2.24, 2.45) is 0 Å². The third-order valence-corrected chi connectivity index (χ3v) is 9.67. The summed E-state index contributed by atoms with van der Waals surface area (Å²) in [6.07, 6.45) is 0. The van der Waals surface area contributed by atoms with Crippen LogP contribution in [0.5, 0.6) is 0 Å². The van der Waals surface area contributed by atoms with E-state index in [1.54, 1.807) is 0 Å². The number of para-hydroxylation sites is 3. The van der Waals surface area contributed by atoms with Crippen LogP contribution in [0.1, 0.15) is 0 Å². The van der Waals surface area contributed by atoms with Crippen molar-refractivity contribution in [2.45, 2.75) is 0 Å². The molecule has 0 aliphatic heterocycles. The van der Waals surface area contributed by atoms with Gasteiger partial charge in [0.05, 0.1) is 27.8 Å². The number of hydrogen-bond acceptors (Lipinski definition) is 0. The second-order valence-electron chi connectivity index (χ2n) is 12.1. The topological polar surface area (TPSA) is 9.86 Å². The highest BCUT2D eigenvalue weighted by Crippen LogP contribution is 2.47. The molecule has 0 unspecified atom stereocenters. The molecule has 0 aliphatic rings. The van der Waals surface area contributed by atoms with Crippen molar-refractivity contribution in [3.8, 4) is 22.5 Å². The standard InChI is InChI=1S/C44H28N2/c1-3-15-29(16-4-1)41-35-23-9-7-19-31(35)32-20-8-10-24-36(32)42(41)46-40-26-14-12-22-34(40)38-28-27-37-33-21-11-13-25-39(33)45(43(37)44(38)46)30-17-5-2-6-18-30/h1-28H. The van der Waals surface area contributed by atoms with Crippen LogP contribution in [0.15, 0.2) is 170 Å². The molecule has 0 N–H and O–H groups in total. The zero-order valence-corrected chi connectivity index (χ0v) is 25.1. The molecule has 0 aliphatic carbocycles. The monoisotopic (exact) mass is 584 g/mol. The number of nitrogens with zero attached hydrogens (tertiary/aromatic N) is 2. The maximum atomic E-state index is 2.57. The van der Waals surface area contributed by atoms with E-state index in [9.17, 15) is 0 Å². The van der Waals surface area contributed by atoms with Crippen LogP contribution in [0, 0.1) is 0 Å². The van der Waals surface area contributed by atoms with Gasteiger partial charge in [0.15, 0.2) is 0 Å². The van der Waals surface area contributed by atoms with E-state index in [-0.39, 0.29) is 0 Å². The Morgan fingerprint density at radius 2 is 0.717 bits per heavy atom. The van der Waals surface area contributed by atoms with Crippen LogP contribution < -0.4 is 0 Å². The van der Waals surface area contributed by atoms with E-state index in [4.69, 9.17) is 0 Å². The summed E-state index contributed by atoms with van der Waals surface area (Å²) < 4.78 is 5.04. The SMILES string of the molecule is c1ccc(-c2c(-n3c4ccccc4c4ccc5c6ccccc6n(-c6ccccc6)c5c43)c3ccccc3c3ccccc23)cc1. The van der Waals surface area contributed by atoms with E-state index in [2.05, 4.69) is 179 Å². The first-order chi connectivity index (χ1) is 22.9. The van der Waals surface area contributed by atoms with Gasteiger partial charge in [-0.2, -0.15) is 0 Å². The Hall–Kier alpha value is -6.12. The Morgan fingerprint density at radius 3 is 1.35 bits per heavy atom. The van der Waals surface area contributed by atoms with E-state index in [0.717, 1.165) is 5.69 Å². The number of rotatable bonds is 3. The molecule has 214 valence electrons. The van der Waals surface area contributed by atoms with Crippen LogP contribution in [-0.4, -0.2) is 9.13 Å². The van der Waals surface area contributed by atoms with Crippen molar-refractivity contribution in [3.63, 3.8) is 0 Å². The maximum absolute atomic E-state index is 2.57. The molecule has 46 heavy (non-hydrogen) atoms. The first-order valence-electron chi connectivity index (χ1n) is 15.9. The van der Waals surface area contributed by atoms with E-state index in [0.29, 0.717) is 0 Å². The fourth-order valence-corrected chi connectivity index (χ4v) is 7.83. The van der Waals surface area contributed by atoms with Crippen LogP contribution >= 0.6 is 0 Å². The van der Waals surface area contributed by atoms with Gasteiger partial charge in [-0.3, -0.25) is 0 Å². The summed E-state index contributed by atoms with van der Waals surface area (Å²) in [6.45, 7) is 0. The lowest BCUT2D eigenvalue weighted by Crippen LogP contribution is -2.02. The predicted octanol–water partition coefficient (Wildman–Crippen LogP) is 11.9. The van der Waals surface area contributed by atoms with Gasteiger partial charge in [-0.15, -0.1) is 0 Å². The van der Waals surface area contributed by atoms with Gasteiger partial charge in [0, 0.05) is 38.2 Å². The number of aromatic nitrogens is 2. The summed E-state index contributed by atoms with van der Waals surface area (Å²) in [5.41, 5.74) is 9.67. The molecule has 0 saturated heterocycles. The molecule has 0 spiro atoms. The van der Waals surface area contributed by atoms with Crippen LogP contribution in [0.2, 0.25) is 0 Å². The van der Waals surface area contributed by atoms with Gasteiger partial charge in [0.1, 0.15) is 0 Å². The van der Waals surface area contributed by atoms with Crippen molar-refractivity contribution in [1.82, 2.24) is 9.13 Å². The number of fused-ring (bicyclic) bond motifs is 10. The molecular formula is C44H28N2. The van der Waals surface area contributed by atoms with Crippen molar-refractivity contribution in [1.29, 1.82) is 0 Å². The highest BCUT2D eigenvalue weighted by atomic mass is 15.0. The Morgan fingerprint density at radius 1 is 0.283 bits per heavy atom. The Kier molecular flexibility index (Phi) is 5.31. The molecule has 0 fully saturated rings. The Bertz CT molecular complexity index is 2780. The summed E-state index contributed by atoms with van der Waals surface area (Å²) in [6, 6.07) is 61.9. The fourth-order valence-electron chi connectivity index (χ4n) is 7.83. The molecular weight excluding hydrogens is 556 g/mol. The Labute approximate surface area is 266 Å². The van der Waals surface area contributed by atoms with Crippen LogP contribution in [0.4, 0.5) is 0 Å². The van der Waals surface area contributed by atoms with Gasteiger partial charge in [0.25, 0.3) is 0 Å². The second kappa shape index (κ2) is 9.69. The van der Waals surface area contributed by atoms with Gasteiger partial charge >= 0.3 is 0 Å². The summed E-state index contributed by atoms with van der Waals surface area (Å²) in [7, 11) is 0. The lowest BCUT2D eigenvalue weighted by molar-refractivity contribution is 1.16. The average molecular weight is 585 g/mol. The maximum Gasteiger partial charge on any atom is 0.0789 e. The highest BCUT2D eigenvalue weighted by molar-refractivity contribution is 6.26.